The highest BCUT2D eigenvalue weighted by Gasteiger charge is 2.09. The van der Waals surface area contributed by atoms with Gasteiger partial charge in [-0.3, -0.25) is 4.79 Å². The van der Waals surface area contributed by atoms with Crippen LogP contribution in [-0.2, 0) is 17.6 Å². The number of hydrogen-bond donors (Lipinski definition) is 1. The third kappa shape index (κ3) is 1.95. The number of anilines is 1. The van der Waals surface area contributed by atoms with E-state index in [-0.39, 0.29) is 5.91 Å². The molecule has 0 aliphatic heterocycles. The van der Waals surface area contributed by atoms with Gasteiger partial charge in [-0.15, -0.1) is 0 Å². The summed E-state index contributed by atoms with van der Waals surface area (Å²) in [5, 5.41) is 2.80. The molecule has 1 radical (unpaired) electrons. The number of benzene rings is 1. The molecule has 1 N–H and O–H groups in total. The van der Waals surface area contributed by atoms with E-state index >= 15 is 0 Å². The summed E-state index contributed by atoms with van der Waals surface area (Å²) in [6.07, 6.45) is 5.63. The fourth-order valence-electron chi connectivity index (χ4n) is 1.86. The lowest BCUT2D eigenvalue weighted by Gasteiger charge is -2.16. The Labute approximate surface area is 84.3 Å². The van der Waals surface area contributed by atoms with E-state index in [1.165, 1.54) is 24.5 Å². The number of fused-ring (bicyclic) bond motifs is 1. The van der Waals surface area contributed by atoms with Gasteiger partial charge in [0.05, 0.1) is 0 Å². The Morgan fingerprint density at radius 1 is 1.36 bits per heavy atom. The minimum atomic E-state index is -0.00950. The van der Waals surface area contributed by atoms with Crippen molar-refractivity contribution in [2.45, 2.75) is 26.2 Å². The van der Waals surface area contributed by atoms with Crippen LogP contribution in [0.25, 0.3) is 0 Å². The molecule has 0 atom stereocenters. The molecule has 1 aliphatic carbocycles. The Morgan fingerprint density at radius 2 is 2.21 bits per heavy atom. The first kappa shape index (κ1) is 9.25. The molecular formula is C12H14NO. The molecule has 0 heterocycles. The van der Waals surface area contributed by atoms with Gasteiger partial charge in [0.15, 0.2) is 0 Å². The van der Waals surface area contributed by atoms with Crippen molar-refractivity contribution in [3.63, 3.8) is 0 Å². The lowest BCUT2D eigenvalue weighted by molar-refractivity contribution is -0.114. The van der Waals surface area contributed by atoms with Crippen molar-refractivity contribution in [1.82, 2.24) is 0 Å². The standard InChI is InChI=1S/C12H14NO/c1-9(14)13-12-7-6-10-4-2-3-5-11(10)8-12/h3,6-8H,2,4-5H2,1H3,(H,13,14). The van der Waals surface area contributed by atoms with Crippen LogP contribution in [0.5, 0.6) is 0 Å². The molecule has 0 aromatic heterocycles. The summed E-state index contributed by atoms with van der Waals surface area (Å²) in [6, 6.07) is 6.17. The fraction of sp³-hybridized carbons (Fsp3) is 0.333. The zero-order valence-corrected chi connectivity index (χ0v) is 8.34. The smallest absolute Gasteiger partial charge is 0.221 e. The fourth-order valence-corrected chi connectivity index (χ4v) is 1.86. The molecule has 14 heavy (non-hydrogen) atoms. The molecule has 0 fully saturated rings. The number of hydrogen-bond acceptors (Lipinski definition) is 1. The molecule has 1 aromatic rings. The van der Waals surface area contributed by atoms with E-state index in [0.29, 0.717) is 0 Å². The van der Waals surface area contributed by atoms with Gasteiger partial charge in [0, 0.05) is 12.6 Å². The van der Waals surface area contributed by atoms with Gasteiger partial charge in [0.1, 0.15) is 0 Å². The van der Waals surface area contributed by atoms with Crippen LogP contribution in [0.15, 0.2) is 18.2 Å². The van der Waals surface area contributed by atoms with Gasteiger partial charge >= 0.3 is 0 Å². The number of aryl methyl sites for hydroxylation is 1. The summed E-state index contributed by atoms with van der Waals surface area (Å²) in [6.45, 7) is 1.53. The van der Waals surface area contributed by atoms with Gasteiger partial charge in [0.2, 0.25) is 5.91 Å². The molecule has 0 saturated heterocycles. The van der Waals surface area contributed by atoms with Crippen LogP contribution in [0, 0.1) is 6.42 Å². The summed E-state index contributed by atoms with van der Waals surface area (Å²) < 4.78 is 0. The molecular weight excluding hydrogens is 174 g/mol. The van der Waals surface area contributed by atoms with E-state index in [0.717, 1.165) is 18.5 Å². The Kier molecular flexibility index (Phi) is 2.53. The second kappa shape index (κ2) is 3.82. The van der Waals surface area contributed by atoms with E-state index in [1.54, 1.807) is 0 Å². The highest BCUT2D eigenvalue weighted by atomic mass is 16.1. The zero-order valence-electron chi connectivity index (χ0n) is 8.34. The minimum absolute atomic E-state index is 0.00950. The SMILES string of the molecule is CC(=O)Nc1ccc2c(c1)C[CH]CC2. The van der Waals surface area contributed by atoms with Crippen LogP contribution in [0.4, 0.5) is 5.69 Å². The van der Waals surface area contributed by atoms with E-state index in [4.69, 9.17) is 0 Å². The molecule has 1 amide bonds. The molecule has 73 valence electrons. The van der Waals surface area contributed by atoms with Crippen LogP contribution in [0.3, 0.4) is 0 Å². The van der Waals surface area contributed by atoms with E-state index in [2.05, 4.69) is 23.9 Å². The molecule has 0 spiro atoms. The van der Waals surface area contributed by atoms with Crippen molar-refractivity contribution in [1.29, 1.82) is 0 Å². The molecule has 0 unspecified atom stereocenters. The minimum Gasteiger partial charge on any atom is -0.326 e. The molecule has 0 saturated carbocycles. The van der Waals surface area contributed by atoms with Crippen molar-refractivity contribution in [2.24, 2.45) is 0 Å². The molecule has 1 aliphatic rings. The van der Waals surface area contributed by atoms with Crippen LogP contribution in [0.2, 0.25) is 0 Å². The monoisotopic (exact) mass is 188 g/mol. The summed E-state index contributed by atoms with van der Waals surface area (Å²) >= 11 is 0. The predicted molar refractivity (Wildman–Crippen MR) is 57.1 cm³/mol. The number of rotatable bonds is 1. The maximum absolute atomic E-state index is 10.9. The van der Waals surface area contributed by atoms with Crippen molar-refractivity contribution in [3.8, 4) is 0 Å². The summed E-state index contributed by atoms with van der Waals surface area (Å²) in [5.74, 6) is -0.00950. The average Bonchev–Trinajstić information content (AvgIpc) is 2.17. The third-order valence-corrected chi connectivity index (χ3v) is 2.51. The maximum Gasteiger partial charge on any atom is 0.221 e. The van der Waals surface area contributed by atoms with Gasteiger partial charge in [-0.2, -0.15) is 0 Å². The first-order valence-corrected chi connectivity index (χ1v) is 4.97. The van der Waals surface area contributed by atoms with Gasteiger partial charge in [-0.1, -0.05) is 6.07 Å². The summed E-state index contributed by atoms with van der Waals surface area (Å²) in [5.41, 5.74) is 3.68. The van der Waals surface area contributed by atoms with Crippen molar-refractivity contribution >= 4 is 11.6 Å². The van der Waals surface area contributed by atoms with Crippen molar-refractivity contribution in [2.75, 3.05) is 5.32 Å². The predicted octanol–water partition coefficient (Wildman–Crippen LogP) is 2.34. The van der Waals surface area contributed by atoms with Gasteiger partial charge in [-0.25, -0.2) is 0 Å². The van der Waals surface area contributed by atoms with Gasteiger partial charge in [0.25, 0.3) is 0 Å². The third-order valence-electron chi connectivity index (χ3n) is 2.51. The quantitative estimate of drug-likeness (QED) is 0.720. The highest BCUT2D eigenvalue weighted by Crippen LogP contribution is 2.23. The van der Waals surface area contributed by atoms with Crippen LogP contribution in [-0.4, -0.2) is 5.91 Å². The van der Waals surface area contributed by atoms with Crippen molar-refractivity contribution in [3.05, 3.63) is 35.7 Å². The van der Waals surface area contributed by atoms with Gasteiger partial charge in [-0.05, 0) is 48.9 Å². The molecule has 2 heteroatoms. The maximum atomic E-state index is 10.9. The average molecular weight is 188 g/mol. The summed E-state index contributed by atoms with van der Waals surface area (Å²) in [7, 11) is 0. The number of amides is 1. The van der Waals surface area contributed by atoms with Crippen LogP contribution in [0.1, 0.15) is 24.5 Å². The number of nitrogens with one attached hydrogen (secondary N) is 1. The Morgan fingerprint density at radius 3 is 3.00 bits per heavy atom. The Balaban J connectivity index is 2.24. The highest BCUT2D eigenvalue weighted by molar-refractivity contribution is 5.88. The lowest BCUT2D eigenvalue weighted by atomic mass is 9.91. The number of carbonyl (C=O) groups excluding carboxylic acids is 1. The van der Waals surface area contributed by atoms with E-state index < -0.39 is 0 Å². The van der Waals surface area contributed by atoms with Crippen molar-refractivity contribution < 1.29 is 4.79 Å². The van der Waals surface area contributed by atoms with Crippen LogP contribution >= 0.6 is 0 Å². The van der Waals surface area contributed by atoms with Crippen LogP contribution < -0.4 is 5.32 Å². The zero-order chi connectivity index (χ0) is 9.97. The number of carbonyl (C=O) groups is 1. The lowest BCUT2D eigenvalue weighted by Crippen LogP contribution is -2.08. The Hall–Kier alpha value is -1.31. The second-order valence-corrected chi connectivity index (χ2v) is 3.70. The van der Waals surface area contributed by atoms with E-state index in [1.807, 2.05) is 6.07 Å². The second-order valence-electron chi connectivity index (χ2n) is 3.70. The van der Waals surface area contributed by atoms with E-state index in [9.17, 15) is 4.79 Å². The molecule has 1 aromatic carbocycles. The first-order chi connectivity index (χ1) is 6.75. The van der Waals surface area contributed by atoms with Gasteiger partial charge < -0.3 is 5.32 Å². The summed E-state index contributed by atoms with van der Waals surface area (Å²) in [4.78, 5) is 10.9. The topological polar surface area (TPSA) is 29.1 Å². The molecule has 0 bridgehead atoms. The largest absolute Gasteiger partial charge is 0.326 e. The molecule has 2 nitrogen and oxygen atoms in total. The molecule has 2 rings (SSSR count). The Bertz CT molecular complexity index is 357. The normalized spacial score (nSPS) is 14.6. The first-order valence-electron chi connectivity index (χ1n) is 4.97.